The second-order valence-electron chi connectivity index (χ2n) is 3.16. The van der Waals surface area contributed by atoms with Gasteiger partial charge in [-0.3, -0.25) is 9.48 Å². The molecule has 0 saturated heterocycles. The van der Waals surface area contributed by atoms with Gasteiger partial charge in [-0.1, -0.05) is 0 Å². The van der Waals surface area contributed by atoms with E-state index in [9.17, 15) is 9.59 Å². The first-order chi connectivity index (χ1) is 7.52. The zero-order valence-corrected chi connectivity index (χ0v) is 10.5. The molecule has 1 aromatic heterocycles. The molecule has 0 aromatic carbocycles. The van der Waals surface area contributed by atoms with Gasteiger partial charge in [0, 0.05) is 13.1 Å². The molecule has 1 N–H and O–H groups in total. The van der Waals surface area contributed by atoms with Crippen LogP contribution in [0.4, 0.5) is 0 Å². The van der Waals surface area contributed by atoms with Gasteiger partial charge in [-0.15, -0.1) is 0 Å². The Morgan fingerprint density at radius 2 is 2.38 bits per heavy atom. The number of hydrogen-bond donors (Lipinski definition) is 1. The molecule has 0 spiro atoms. The van der Waals surface area contributed by atoms with Crippen LogP contribution >= 0.6 is 15.9 Å². The summed E-state index contributed by atoms with van der Waals surface area (Å²) in [6, 6.07) is -0.728. The quantitative estimate of drug-likeness (QED) is 0.811. The van der Waals surface area contributed by atoms with Crippen molar-refractivity contribution < 1.29 is 14.3 Å². The van der Waals surface area contributed by atoms with Crippen LogP contribution in [0.2, 0.25) is 0 Å². The van der Waals surface area contributed by atoms with Gasteiger partial charge < -0.3 is 10.1 Å². The maximum absolute atomic E-state index is 11.4. The molecule has 88 valence electrons. The lowest BCUT2D eigenvalue weighted by molar-refractivity contribution is -0.145. The van der Waals surface area contributed by atoms with E-state index in [1.165, 1.54) is 14.0 Å². The van der Waals surface area contributed by atoms with Crippen molar-refractivity contribution in [1.29, 1.82) is 0 Å². The number of esters is 1. The van der Waals surface area contributed by atoms with Gasteiger partial charge in [0.25, 0.3) is 0 Å². The highest BCUT2D eigenvalue weighted by Crippen LogP contribution is 2.06. The molecule has 0 saturated carbocycles. The minimum absolute atomic E-state index is 0.234. The summed E-state index contributed by atoms with van der Waals surface area (Å²) in [6.07, 6.45) is 3.31. The first kappa shape index (κ1) is 12.7. The van der Waals surface area contributed by atoms with Crippen LogP contribution in [0.5, 0.6) is 0 Å². The van der Waals surface area contributed by atoms with E-state index in [1.807, 2.05) is 0 Å². The van der Waals surface area contributed by atoms with Crippen molar-refractivity contribution in [3.8, 4) is 0 Å². The fourth-order valence-corrected chi connectivity index (χ4v) is 1.52. The van der Waals surface area contributed by atoms with Gasteiger partial charge in [0.1, 0.15) is 6.04 Å². The third-order valence-corrected chi connectivity index (χ3v) is 2.24. The molecular formula is C9H12BrN3O3. The van der Waals surface area contributed by atoms with E-state index < -0.39 is 12.0 Å². The Labute approximate surface area is 101 Å². The Morgan fingerprint density at radius 3 is 2.81 bits per heavy atom. The molecule has 0 radical (unpaired) electrons. The van der Waals surface area contributed by atoms with E-state index in [1.54, 1.807) is 17.1 Å². The molecule has 0 fully saturated rings. The van der Waals surface area contributed by atoms with E-state index in [-0.39, 0.29) is 12.5 Å². The summed E-state index contributed by atoms with van der Waals surface area (Å²) < 4.78 is 6.93. The van der Waals surface area contributed by atoms with Crippen molar-refractivity contribution >= 4 is 27.8 Å². The maximum atomic E-state index is 11.4. The minimum atomic E-state index is -0.728. The van der Waals surface area contributed by atoms with Crippen molar-refractivity contribution in [2.45, 2.75) is 19.5 Å². The highest BCUT2D eigenvalue weighted by atomic mass is 79.9. The summed E-state index contributed by atoms with van der Waals surface area (Å²) >= 11 is 3.24. The Kier molecular flexibility index (Phi) is 4.48. The summed E-state index contributed by atoms with van der Waals surface area (Å²) in [5, 5.41) is 6.49. The zero-order chi connectivity index (χ0) is 12.1. The van der Waals surface area contributed by atoms with Crippen LogP contribution in [0, 0.1) is 0 Å². The number of amides is 1. The van der Waals surface area contributed by atoms with E-state index in [2.05, 4.69) is 31.1 Å². The van der Waals surface area contributed by atoms with Gasteiger partial charge in [0.2, 0.25) is 5.91 Å². The van der Waals surface area contributed by atoms with Gasteiger partial charge in [-0.25, -0.2) is 4.79 Å². The fourth-order valence-electron chi connectivity index (χ4n) is 1.19. The second-order valence-corrected chi connectivity index (χ2v) is 4.07. The van der Waals surface area contributed by atoms with Crippen LogP contribution in [0.15, 0.2) is 16.9 Å². The number of carbonyl (C=O) groups excluding carboxylic acids is 2. The molecule has 0 aliphatic heterocycles. The summed E-state index contributed by atoms with van der Waals surface area (Å²) in [4.78, 5) is 22.3. The molecular weight excluding hydrogens is 278 g/mol. The Hall–Kier alpha value is -1.37. The topological polar surface area (TPSA) is 73.2 Å². The smallest absolute Gasteiger partial charge is 0.330 e. The zero-order valence-electron chi connectivity index (χ0n) is 8.94. The molecule has 1 aromatic rings. The lowest BCUT2D eigenvalue weighted by Gasteiger charge is -2.15. The molecule has 6 nitrogen and oxygen atoms in total. The number of carbonyl (C=O) groups is 2. The predicted molar refractivity (Wildman–Crippen MR) is 59.5 cm³/mol. The van der Waals surface area contributed by atoms with Crippen LogP contribution in [-0.4, -0.2) is 34.8 Å². The van der Waals surface area contributed by atoms with Crippen LogP contribution in [0.25, 0.3) is 0 Å². The lowest BCUT2D eigenvalue weighted by atomic mass is 10.3. The van der Waals surface area contributed by atoms with Crippen molar-refractivity contribution in [3.05, 3.63) is 16.9 Å². The Balaban J connectivity index is 2.70. The lowest BCUT2D eigenvalue weighted by Crippen LogP contribution is -2.43. The van der Waals surface area contributed by atoms with Gasteiger partial charge >= 0.3 is 5.97 Å². The summed E-state index contributed by atoms with van der Waals surface area (Å²) in [5.41, 5.74) is 0. The normalized spacial score (nSPS) is 11.9. The SMILES string of the molecule is COC(=O)C(Cn1cc(Br)cn1)NC(C)=O. The average Bonchev–Trinajstić information content (AvgIpc) is 2.61. The van der Waals surface area contributed by atoms with Crippen LogP contribution in [0.1, 0.15) is 6.92 Å². The van der Waals surface area contributed by atoms with E-state index in [0.717, 1.165) is 4.47 Å². The minimum Gasteiger partial charge on any atom is -0.467 e. The molecule has 1 unspecified atom stereocenters. The van der Waals surface area contributed by atoms with Crippen molar-refractivity contribution in [2.24, 2.45) is 0 Å². The third kappa shape index (κ3) is 3.65. The van der Waals surface area contributed by atoms with Crippen LogP contribution < -0.4 is 5.32 Å². The number of halogens is 1. The highest BCUT2D eigenvalue weighted by Gasteiger charge is 2.20. The molecule has 1 amide bonds. The van der Waals surface area contributed by atoms with Crippen molar-refractivity contribution in [2.75, 3.05) is 7.11 Å². The molecule has 1 heterocycles. The molecule has 1 atom stereocenters. The predicted octanol–water partition coefficient (Wildman–Crippen LogP) is 0.323. The van der Waals surface area contributed by atoms with Crippen molar-refractivity contribution in [3.63, 3.8) is 0 Å². The van der Waals surface area contributed by atoms with Gasteiger partial charge in [-0.2, -0.15) is 5.10 Å². The molecule has 0 aliphatic carbocycles. The average molecular weight is 290 g/mol. The number of hydrogen-bond acceptors (Lipinski definition) is 4. The highest BCUT2D eigenvalue weighted by molar-refractivity contribution is 9.10. The summed E-state index contributed by atoms with van der Waals surface area (Å²) in [7, 11) is 1.27. The van der Waals surface area contributed by atoms with E-state index in [4.69, 9.17) is 0 Å². The molecule has 0 aliphatic rings. The van der Waals surface area contributed by atoms with Crippen LogP contribution in [0.3, 0.4) is 0 Å². The maximum Gasteiger partial charge on any atom is 0.330 e. The first-order valence-electron chi connectivity index (χ1n) is 4.56. The number of rotatable bonds is 4. The number of aromatic nitrogens is 2. The largest absolute Gasteiger partial charge is 0.467 e. The third-order valence-electron chi connectivity index (χ3n) is 1.83. The molecule has 7 heteroatoms. The molecule has 1 rings (SSSR count). The monoisotopic (exact) mass is 289 g/mol. The number of ether oxygens (including phenoxy) is 1. The fraction of sp³-hybridized carbons (Fsp3) is 0.444. The Bertz CT molecular complexity index is 391. The molecule has 16 heavy (non-hydrogen) atoms. The van der Waals surface area contributed by atoms with E-state index in [0.29, 0.717) is 0 Å². The Morgan fingerprint density at radius 1 is 1.69 bits per heavy atom. The van der Waals surface area contributed by atoms with Gasteiger partial charge in [0.15, 0.2) is 0 Å². The van der Waals surface area contributed by atoms with Crippen molar-refractivity contribution in [1.82, 2.24) is 15.1 Å². The van der Waals surface area contributed by atoms with E-state index >= 15 is 0 Å². The number of methoxy groups -OCH3 is 1. The van der Waals surface area contributed by atoms with Gasteiger partial charge in [-0.05, 0) is 15.9 Å². The summed E-state index contributed by atoms with van der Waals surface area (Å²) in [6.45, 7) is 1.58. The molecule has 0 bridgehead atoms. The number of nitrogens with zero attached hydrogens (tertiary/aromatic N) is 2. The first-order valence-corrected chi connectivity index (χ1v) is 5.35. The summed E-state index contributed by atoms with van der Waals surface area (Å²) in [5.74, 6) is -0.788. The van der Waals surface area contributed by atoms with Crippen LogP contribution in [-0.2, 0) is 20.9 Å². The van der Waals surface area contributed by atoms with Gasteiger partial charge in [0.05, 0.1) is 24.3 Å². The second kappa shape index (κ2) is 5.64. The standard InChI is InChI=1S/C9H12BrN3O3/c1-6(14)12-8(9(15)16-2)5-13-4-7(10)3-11-13/h3-4,8H,5H2,1-2H3,(H,12,14). The number of nitrogens with one attached hydrogen (secondary N) is 1.